The number of nitrogens with zero attached hydrogens (tertiary/aromatic N) is 1. The van der Waals surface area contributed by atoms with E-state index in [4.69, 9.17) is 25.3 Å². The average Bonchev–Trinajstić information content (AvgIpc) is 3.12. The fourth-order valence-electron chi connectivity index (χ4n) is 2.10. The summed E-state index contributed by atoms with van der Waals surface area (Å²) in [4.78, 5) is 11.0. The molecular formula is C16H12ClNO4. The minimum atomic E-state index is -0.391. The Balaban J connectivity index is 2.09. The summed E-state index contributed by atoms with van der Waals surface area (Å²) in [6, 6.07) is 12.9. The van der Waals surface area contributed by atoms with Crippen molar-refractivity contribution in [2.24, 2.45) is 0 Å². The maximum Gasteiger partial charge on any atom is 0.303 e. The number of esters is 1. The molecule has 6 heteroatoms. The molecule has 5 nitrogen and oxygen atoms in total. The molecule has 1 aromatic carbocycles. The first-order valence-electron chi connectivity index (χ1n) is 6.58. The fourth-order valence-corrected chi connectivity index (χ4v) is 2.25. The zero-order chi connectivity index (χ0) is 15.5. The number of hydrogen-bond donors (Lipinski definition) is 0. The van der Waals surface area contributed by atoms with Gasteiger partial charge in [-0.3, -0.25) is 4.79 Å². The molecule has 2 heterocycles. The number of furan rings is 1. The third-order valence-electron chi connectivity index (χ3n) is 3.04. The van der Waals surface area contributed by atoms with Gasteiger partial charge in [-0.2, -0.15) is 0 Å². The van der Waals surface area contributed by atoms with Crippen LogP contribution < -0.4 is 0 Å². The van der Waals surface area contributed by atoms with Crippen LogP contribution >= 0.6 is 11.6 Å². The lowest BCUT2D eigenvalue weighted by atomic mass is 10.0. The van der Waals surface area contributed by atoms with Gasteiger partial charge in [0.25, 0.3) is 0 Å². The summed E-state index contributed by atoms with van der Waals surface area (Å²) in [5.74, 6) is 0.545. The lowest BCUT2D eigenvalue weighted by Crippen LogP contribution is -1.99. The molecule has 0 N–H and O–H groups in total. The van der Waals surface area contributed by atoms with Crippen molar-refractivity contribution in [2.75, 3.05) is 0 Å². The average molecular weight is 318 g/mol. The molecule has 0 bridgehead atoms. The second-order valence-corrected chi connectivity index (χ2v) is 4.95. The smallest absolute Gasteiger partial charge is 0.303 e. The number of halogens is 1. The molecule has 0 spiro atoms. The van der Waals surface area contributed by atoms with Crippen molar-refractivity contribution in [2.45, 2.75) is 13.5 Å². The number of carbonyl (C=O) groups excluding carboxylic acids is 1. The molecule has 0 saturated carbocycles. The van der Waals surface area contributed by atoms with Crippen LogP contribution in [0.2, 0.25) is 5.22 Å². The van der Waals surface area contributed by atoms with Crippen molar-refractivity contribution in [3.05, 3.63) is 53.4 Å². The Kier molecular flexibility index (Phi) is 3.98. The monoisotopic (exact) mass is 317 g/mol. The molecular weight excluding hydrogens is 306 g/mol. The van der Waals surface area contributed by atoms with Crippen LogP contribution in [0.1, 0.15) is 12.7 Å². The van der Waals surface area contributed by atoms with Gasteiger partial charge < -0.3 is 13.7 Å². The predicted octanol–water partition coefficient (Wildman–Crippen LogP) is 4.32. The van der Waals surface area contributed by atoms with Crippen molar-refractivity contribution in [1.82, 2.24) is 5.16 Å². The highest BCUT2D eigenvalue weighted by Crippen LogP contribution is 2.36. The number of ether oxygens (including phenoxy) is 1. The van der Waals surface area contributed by atoms with Crippen LogP contribution in [0.3, 0.4) is 0 Å². The summed E-state index contributed by atoms with van der Waals surface area (Å²) in [5.41, 5.74) is 2.11. The minimum Gasteiger partial charge on any atom is -0.458 e. The molecule has 22 heavy (non-hydrogen) atoms. The molecule has 3 rings (SSSR count). The SMILES string of the molecule is CC(=O)OCc1onc(-c2ccc(Cl)o2)c1-c1ccccc1. The standard InChI is InChI=1S/C16H12ClNO4/c1-10(19)20-9-13-15(11-5-3-2-4-6-11)16(18-22-13)12-7-8-14(17)21-12/h2-8H,9H2,1H3. The van der Waals surface area contributed by atoms with Crippen molar-refractivity contribution in [3.63, 3.8) is 0 Å². The molecule has 0 unspecified atom stereocenters. The Morgan fingerprint density at radius 3 is 2.64 bits per heavy atom. The summed E-state index contributed by atoms with van der Waals surface area (Å²) in [5, 5.41) is 4.30. The first kappa shape index (κ1) is 14.4. The molecule has 0 aliphatic heterocycles. The van der Waals surface area contributed by atoms with E-state index >= 15 is 0 Å². The molecule has 0 atom stereocenters. The van der Waals surface area contributed by atoms with Gasteiger partial charge in [0.2, 0.25) is 0 Å². The molecule has 3 aromatic rings. The van der Waals surface area contributed by atoms with Crippen LogP contribution in [0.15, 0.2) is 51.4 Å². The highest BCUT2D eigenvalue weighted by atomic mass is 35.5. The van der Waals surface area contributed by atoms with E-state index in [0.29, 0.717) is 22.8 Å². The Morgan fingerprint density at radius 1 is 1.23 bits per heavy atom. The topological polar surface area (TPSA) is 65.5 Å². The molecule has 0 radical (unpaired) electrons. The van der Waals surface area contributed by atoms with Gasteiger partial charge in [0.15, 0.2) is 29.0 Å². The predicted molar refractivity (Wildman–Crippen MR) is 80.1 cm³/mol. The zero-order valence-electron chi connectivity index (χ0n) is 11.7. The summed E-state index contributed by atoms with van der Waals surface area (Å²) in [6.45, 7) is 1.34. The lowest BCUT2D eigenvalue weighted by Gasteiger charge is -2.03. The van der Waals surface area contributed by atoms with Crippen LogP contribution in [0.4, 0.5) is 0 Å². The minimum absolute atomic E-state index is 0.000994. The van der Waals surface area contributed by atoms with E-state index < -0.39 is 5.97 Å². The summed E-state index contributed by atoms with van der Waals surface area (Å²) >= 11 is 5.82. The summed E-state index contributed by atoms with van der Waals surface area (Å²) < 4.78 is 15.8. The Morgan fingerprint density at radius 2 is 2.00 bits per heavy atom. The highest BCUT2D eigenvalue weighted by Gasteiger charge is 2.22. The van der Waals surface area contributed by atoms with Gasteiger partial charge in [-0.05, 0) is 29.3 Å². The first-order valence-corrected chi connectivity index (χ1v) is 6.96. The van der Waals surface area contributed by atoms with Gasteiger partial charge in [-0.1, -0.05) is 35.5 Å². The number of rotatable bonds is 4. The molecule has 2 aromatic heterocycles. The molecule has 0 saturated heterocycles. The van der Waals surface area contributed by atoms with Gasteiger partial charge in [0.1, 0.15) is 0 Å². The maximum atomic E-state index is 11.0. The van der Waals surface area contributed by atoms with E-state index in [0.717, 1.165) is 5.56 Å². The van der Waals surface area contributed by atoms with E-state index in [2.05, 4.69) is 5.16 Å². The largest absolute Gasteiger partial charge is 0.458 e. The van der Waals surface area contributed by atoms with Gasteiger partial charge in [-0.15, -0.1) is 0 Å². The Labute approximate surface area is 131 Å². The summed E-state index contributed by atoms with van der Waals surface area (Å²) in [7, 11) is 0. The Hall–Kier alpha value is -2.53. The van der Waals surface area contributed by atoms with Gasteiger partial charge >= 0.3 is 5.97 Å². The quantitative estimate of drug-likeness (QED) is 0.670. The number of hydrogen-bond acceptors (Lipinski definition) is 5. The van der Waals surface area contributed by atoms with E-state index in [1.54, 1.807) is 12.1 Å². The van der Waals surface area contributed by atoms with Crippen molar-refractivity contribution >= 4 is 17.6 Å². The van der Waals surface area contributed by atoms with Crippen LogP contribution in [-0.4, -0.2) is 11.1 Å². The molecule has 0 aliphatic rings. The number of benzene rings is 1. The zero-order valence-corrected chi connectivity index (χ0v) is 12.5. The lowest BCUT2D eigenvalue weighted by molar-refractivity contribution is -0.142. The van der Waals surface area contributed by atoms with Crippen LogP contribution in [0, 0.1) is 0 Å². The van der Waals surface area contributed by atoms with Crippen molar-refractivity contribution in [3.8, 4) is 22.6 Å². The van der Waals surface area contributed by atoms with Crippen LogP contribution in [-0.2, 0) is 16.1 Å². The van der Waals surface area contributed by atoms with Crippen molar-refractivity contribution in [1.29, 1.82) is 0 Å². The van der Waals surface area contributed by atoms with Gasteiger partial charge in [0, 0.05) is 6.92 Å². The van der Waals surface area contributed by atoms with Gasteiger partial charge in [-0.25, -0.2) is 0 Å². The number of carbonyl (C=O) groups is 1. The third kappa shape index (κ3) is 2.89. The highest BCUT2D eigenvalue weighted by molar-refractivity contribution is 6.29. The second-order valence-electron chi connectivity index (χ2n) is 4.58. The normalized spacial score (nSPS) is 10.6. The molecule has 0 fully saturated rings. The Bertz CT molecular complexity index is 792. The van der Waals surface area contributed by atoms with Crippen molar-refractivity contribution < 1.29 is 18.5 Å². The van der Waals surface area contributed by atoms with Crippen LogP contribution in [0.5, 0.6) is 0 Å². The first-order chi connectivity index (χ1) is 10.6. The summed E-state index contributed by atoms with van der Waals surface area (Å²) in [6.07, 6.45) is 0. The van der Waals surface area contributed by atoms with Gasteiger partial charge in [0.05, 0.1) is 5.56 Å². The molecule has 0 aliphatic carbocycles. The van der Waals surface area contributed by atoms with E-state index in [9.17, 15) is 4.79 Å². The second kappa shape index (κ2) is 6.07. The third-order valence-corrected chi connectivity index (χ3v) is 3.24. The molecule has 0 amide bonds. The van der Waals surface area contributed by atoms with E-state index in [1.165, 1.54) is 6.92 Å². The number of aromatic nitrogens is 1. The van der Waals surface area contributed by atoms with E-state index in [-0.39, 0.29) is 11.8 Å². The van der Waals surface area contributed by atoms with Crippen LogP contribution in [0.25, 0.3) is 22.6 Å². The fraction of sp³-hybridized carbons (Fsp3) is 0.125. The maximum absolute atomic E-state index is 11.0. The molecule has 112 valence electrons. The van der Waals surface area contributed by atoms with E-state index in [1.807, 2.05) is 30.3 Å².